The summed E-state index contributed by atoms with van der Waals surface area (Å²) in [6.45, 7) is 2.54. The molecule has 1 unspecified atom stereocenters. The molecular formula is C30H30F6N4O4S2. The molecule has 0 saturated carbocycles. The van der Waals surface area contributed by atoms with Crippen LogP contribution in [0.15, 0.2) is 81.3 Å². The smallest absolute Gasteiger partial charge is 0.416 e. The molecule has 0 amide bonds. The van der Waals surface area contributed by atoms with Gasteiger partial charge in [0.1, 0.15) is 29.8 Å². The Morgan fingerprint density at radius 1 is 0.870 bits per heavy atom. The number of benzene rings is 2. The number of fused-ring (bicyclic) bond motifs is 2. The number of allylic oxidation sites excluding steroid dienone is 2. The van der Waals surface area contributed by atoms with Crippen molar-refractivity contribution >= 4 is 33.6 Å². The van der Waals surface area contributed by atoms with E-state index in [0.717, 1.165) is 67.4 Å². The molecule has 248 valence electrons. The van der Waals surface area contributed by atoms with Crippen LogP contribution in [0.4, 0.5) is 26.3 Å². The molecule has 0 spiro atoms. The van der Waals surface area contributed by atoms with Crippen molar-refractivity contribution in [3.8, 4) is 11.5 Å². The van der Waals surface area contributed by atoms with E-state index in [2.05, 4.69) is 8.80 Å². The largest absolute Gasteiger partial charge is 0.493 e. The van der Waals surface area contributed by atoms with E-state index < -0.39 is 33.5 Å². The summed E-state index contributed by atoms with van der Waals surface area (Å²) < 4.78 is 118. The van der Waals surface area contributed by atoms with E-state index in [1.807, 2.05) is 28.2 Å². The topological polar surface area (TPSA) is 83.8 Å². The summed E-state index contributed by atoms with van der Waals surface area (Å²) >= 11 is 1.50. The molecule has 0 bridgehead atoms. The van der Waals surface area contributed by atoms with E-state index in [-0.39, 0.29) is 24.9 Å². The number of piperidine rings is 1. The first-order valence-corrected chi connectivity index (χ1v) is 16.9. The van der Waals surface area contributed by atoms with Crippen molar-refractivity contribution < 1.29 is 44.2 Å². The Bertz CT molecular complexity index is 1610. The third-order valence-electron chi connectivity index (χ3n) is 7.43. The molecule has 1 atom stereocenters. The maximum absolute atomic E-state index is 12.5. The monoisotopic (exact) mass is 688 g/mol. The number of alkyl halides is 6. The van der Waals surface area contributed by atoms with Crippen LogP contribution in [-0.4, -0.2) is 74.2 Å². The minimum absolute atomic E-state index is 0.0168. The molecule has 0 N–H and O–H groups in total. The van der Waals surface area contributed by atoms with Crippen molar-refractivity contribution in [2.75, 3.05) is 44.4 Å². The van der Waals surface area contributed by atoms with Crippen LogP contribution in [0.1, 0.15) is 24.0 Å². The van der Waals surface area contributed by atoms with Crippen molar-refractivity contribution in [1.29, 1.82) is 0 Å². The van der Waals surface area contributed by atoms with Gasteiger partial charge in [-0.05, 0) is 79.4 Å². The normalized spacial score (nSPS) is 20.7. The first-order valence-electron chi connectivity index (χ1n) is 14.3. The van der Waals surface area contributed by atoms with E-state index in [4.69, 9.17) is 9.47 Å². The van der Waals surface area contributed by atoms with Crippen molar-refractivity contribution in [2.24, 2.45) is 14.7 Å². The van der Waals surface area contributed by atoms with Crippen molar-refractivity contribution in [2.45, 2.75) is 25.2 Å². The molecule has 4 heterocycles. The van der Waals surface area contributed by atoms with Gasteiger partial charge in [0.2, 0.25) is 0 Å². The highest BCUT2D eigenvalue weighted by atomic mass is 32.2. The molecule has 0 aromatic heterocycles. The van der Waals surface area contributed by atoms with Crippen LogP contribution in [0.5, 0.6) is 11.5 Å². The molecule has 2 aromatic rings. The van der Waals surface area contributed by atoms with Crippen LogP contribution in [0.25, 0.3) is 0 Å². The maximum Gasteiger partial charge on any atom is 0.416 e. The Morgan fingerprint density at radius 3 is 2.13 bits per heavy atom. The predicted molar refractivity (Wildman–Crippen MR) is 163 cm³/mol. The molecule has 1 fully saturated rings. The van der Waals surface area contributed by atoms with Crippen molar-refractivity contribution in [3.63, 3.8) is 0 Å². The Hall–Kier alpha value is -3.66. The minimum Gasteiger partial charge on any atom is -0.493 e. The number of amidine groups is 2. The summed E-state index contributed by atoms with van der Waals surface area (Å²) in [6.07, 6.45) is -1.28. The van der Waals surface area contributed by atoms with Crippen LogP contribution < -0.4 is 9.47 Å². The average Bonchev–Trinajstić information content (AvgIpc) is 3.02. The zero-order valence-corrected chi connectivity index (χ0v) is 25.9. The number of ether oxygens (including phenoxy) is 2. The maximum atomic E-state index is 12.5. The number of hydrogen-bond acceptors (Lipinski definition) is 8. The van der Waals surface area contributed by atoms with E-state index in [1.54, 1.807) is 0 Å². The van der Waals surface area contributed by atoms with Crippen molar-refractivity contribution in [3.05, 3.63) is 83.6 Å². The molecule has 2 aromatic carbocycles. The molecule has 6 rings (SSSR count). The van der Waals surface area contributed by atoms with Gasteiger partial charge in [-0.3, -0.25) is 0 Å². The van der Waals surface area contributed by atoms with E-state index in [1.165, 1.54) is 36.2 Å². The number of nitrogens with zero attached hydrogens (tertiary/aromatic N) is 4. The Kier molecular flexibility index (Phi) is 10.2. The summed E-state index contributed by atoms with van der Waals surface area (Å²) in [5.74, 6) is 2.86. The summed E-state index contributed by atoms with van der Waals surface area (Å²) in [5, 5.41) is 0. The van der Waals surface area contributed by atoms with Crippen molar-refractivity contribution in [1.82, 2.24) is 9.80 Å². The first-order chi connectivity index (χ1) is 21.8. The zero-order valence-electron chi connectivity index (χ0n) is 24.3. The second kappa shape index (κ2) is 14.0. The van der Waals surface area contributed by atoms with E-state index in [0.29, 0.717) is 23.9 Å². The molecule has 16 heteroatoms. The highest BCUT2D eigenvalue weighted by Crippen LogP contribution is 2.32. The van der Waals surface area contributed by atoms with Gasteiger partial charge in [-0.1, -0.05) is 6.08 Å². The predicted octanol–water partition coefficient (Wildman–Crippen LogP) is 6.44. The van der Waals surface area contributed by atoms with Gasteiger partial charge in [-0.15, -0.1) is 4.40 Å². The van der Waals surface area contributed by atoms with Gasteiger partial charge in [0, 0.05) is 37.2 Å². The third kappa shape index (κ3) is 8.78. The SMILES string of the molecule is FC(F)(F)c1ccc(OCC2=CC=CN3CCSN=C23)cc1.O=S1(=O)CCN2CCCC(COc3ccc(C(F)(F)F)cc3)C2=N1. The van der Waals surface area contributed by atoms with E-state index >= 15 is 0 Å². The Labute approximate surface area is 266 Å². The number of sulfonamides is 1. The Balaban J connectivity index is 0.000000182. The zero-order chi connectivity index (χ0) is 33.0. The quantitative estimate of drug-likeness (QED) is 0.255. The lowest BCUT2D eigenvalue weighted by Crippen LogP contribution is -2.48. The fourth-order valence-corrected chi connectivity index (χ4v) is 6.85. The molecule has 4 aliphatic rings. The van der Waals surface area contributed by atoms with Gasteiger partial charge in [0.25, 0.3) is 10.0 Å². The highest BCUT2D eigenvalue weighted by molar-refractivity contribution is 7.98. The summed E-state index contributed by atoms with van der Waals surface area (Å²) in [6, 6.07) is 9.16. The lowest BCUT2D eigenvalue weighted by molar-refractivity contribution is -0.138. The van der Waals surface area contributed by atoms with Gasteiger partial charge in [-0.2, -0.15) is 30.7 Å². The molecule has 1 saturated heterocycles. The van der Waals surface area contributed by atoms with Gasteiger partial charge in [0.15, 0.2) is 0 Å². The summed E-state index contributed by atoms with van der Waals surface area (Å²) in [7, 11) is -3.43. The molecule has 0 radical (unpaired) electrons. The highest BCUT2D eigenvalue weighted by Gasteiger charge is 2.34. The van der Waals surface area contributed by atoms with Crippen LogP contribution in [0.2, 0.25) is 0 Å². The number of hydrogen-bond donors (Lipinski definition) is 0. The average molecular weight is 689 g/mol. The minimum atomic E-state index is -4.38. The standard InChI is InChI=1S/C15H17F3N2O3S.C15H13F3N2OS/c16-15(17,18)12-3-5-13(6-4-12)23-10-11-2-1-7-20-8-9-24(21,22)19-14(11)20;16-15(17,18)12-3-5-13(6-4-12)21-10-11-2-1-7-20-8-9-22-19-14(11)20/h3-6,11H,1-2,7-10H2;1-7H,8-10H2. The molecule has 46 heavy (non-hydrogen) atoms. The molecule has 0 aliphatic carbocycles. The van der Waals surface area contributed by atoms with Crippen LogP contribution in [0.3, 0.4) is 0 Å². The van der Waals surface area contributed by atoms with Crippen LogP contribution >= 0.6 is 11.9 Å². The first kappa shape index (κ1) is 33.7. The van der Waals surface area contributed by atoms with Gasteiger partial charge >= 0.3 is 12.4 Å². The molecule has 8 nitrogen and oxygen atoms in total. The lowest BCUT2D eigenvalue weighted by Gasteiger charge is -2.37. The van der Waals surface area contributed by atoms with Gasteiger partial charge in [0.05, 0.1) is 29.4 Å². The molecular weight excluding hydrogens is 658 g/mol. The van der Waals surface area contributed by atoms with Crippen LogP contribution in [0, 0.1) is 5.92 Å². The van der Waals surface area contributed by atoms with Crippen LogP contribution in [-0.2, 0) is 22.4 Å². The lowest BCUT2D eigenvalue weighted by atomic mass is 9.97. The summed E-state index contributed by atoms with van der Waals surface area (Å²) in [5.41, 5.74) is -0.505. The second-order valence-electron chi connectivity index (χ2n) is 10.7. The number of rotatable bonds is 6. The number of halogens is 6. The van der Waals surface area contributed by atoms with Gasteiger partial charge in [-0.25, -0.2) is 8.42 Å². The van der Waals surface area contributed by atoms with E-state index in [9.17, 15) is 34.8 Å². The molecule has 4 aliphatic heterocycles. The summed E-state index contributed by atoms with van der Waals surface area (Å²) in [4.78, 5) is 3.99. The van der Waals surface area contributed by atoms with Gasteiger partial charge < -0.3 is 19.3 Å². The Morgan fingerprint density at radius 2 is 1.50 bits per heavy atom. The fraction of sp³-hybridized carbons (Fsp3) is 0.400. The third-order valence-corrected chi connectivity index (χ3v) is 9.26. The fourth-order valence-electron chi connectivity index (χ4n) is 5.04. The second-order valence-corrected chi connectivity index (χ2v) is 13.3.